The Morgan fingerprint density at radius 2 is 2.09 bits per heavy atom. The summed E-state index contributed by atoms with van der Waals surface area (Å²) < 4.78 is 10.2. The van der Waals surface area contributed by atoms with Gasteiger partial charge >= 0.3 is 0 Å². The van der Waals surface area contributed by atoms with E-state index in [9.17, 15) is 14.4 Å². The maximum absolute atomic E-state index is 11.8. The van der Waals surface area contributed by atoms with E-state index in [1.54, 1.807) is 25.3 Å². The second-order valence-corrected chi connectivity index (χ2v) is 4.88. The molecule has 7 heteroatoms. The Bertz CT molecular complexity index is 805. The minimum absolute atomic E-state index is 0.0681. The highest BCUT2D eigenvalue weighted by Gasteiger charge is 2.24. The largest absolute Gasteiger partial charge is 0.482 e. The van der Waals surface area contributed by atoms with E-state index >= 15 is 0 Å². The number of hydrogen-bond donors (Lipinski definition) is 2. The van der Waals surface area contributed by atoms with E-state index in [1.165, 1.54) is 0 Å². The highest BCUT2D eigenvalue weighted by atomic mass is 16.5. The van der Waals surface area contributed by atoms with Crippen molar-refractivity contribution < 1.29 is 14.3 Å². The van der Waals surface area contributed by atoms with Crippen LogP contribution in [-0.2, 0) is 9.53 Å². The molecule has 1 heterocycles. The van der Waals surface area contributed by atoms with E-state index in [-0.39, 0.29) is 12.5 Å². The molecule has 3 rings (SSSR count). The number of nitrogens with one attached hydrogen (secondary N) is 2. The van der Waals surface area contributed by atoms with Crippen LogP contribution in [0.2, 0.25) is 0 Å². The molecule has 2 N–H and O–H groups in total. The molecule has 0 bridgehead atoms. The molecule has 0 saturated heterocycles. The first-order chi connectivity index (χ1) is 10.6. The molecule has 2 aromatic carbocycles. The maximum Gasteiger partial charge on any atom is 0.262 e. The zero-order valence-corrected chi connectivity index (χ0v) is 11.9. The van der Waals surface area contributed by atoms with Crippen LogP contribution in [0.15, 0.2) is 27.8 Å². The molecular formula is C15H14N2O5. The Morgan fingerprint density at radius 1 is 1.27 bits per heavy atom. The predicted molar refractivity (Wildman–Crippen MR) is 81.3 cm³/mol. The summed E-state index contributed by atoms with van der Waals surface area (Å²) in [5.74, 6) is 0.254. The van der Waals surface area contributed by atoms with Crippen LogP contribution in [0.5, 0.6) is 5.75 Å². The maximum atomic E-state index is 11.8. The monoisotopic (exact) mass is 302 g/mol. The van der Waals surface area contributed by atoms with Crippen molar-refractivity contribution in [1.29, 1.82) is 0 Å². The third kappa shape index (κ3) is 2.35. The number of hydrogen-bond acceptors (Lipinski definition) is 6. The van der Waals surface area contributed by atoms with E-state index in [2.05, 4.69) is 10.6 Å². The number of methoxy groups -OCH3 is 1. The zero-order valence-electron chi connectivity index (χ0n) is 11.9. The van der Waals surface area contributed by atoms with Gasteiger partial charge in [0.25, 0.3) is 5.91 Å². The van der Waals surface area contributed by atoms with Gasteiger partial charge < -0.3 is 20.1 Å². The summed E-state index contributed by atoms with van der Waals surface area (Å²) in [6.07, 6.45) is 0. The number of anilines is 2. The molecule has 0 spiro atoms. The summed E-state index contributed by atoms with van der Waals surface area (Å²) in [6, 6.07) is 4.97. The first kappa shape index (κ1) is 14.3. The Balaban J connectivity index is 1.92. The smallest absolute Gasteiger partial charge is 0.262 e. The molecule has 1 aliphatic rings. The van der Waals surface area contributed by atoms with Gasteiger partial charge in [0.2, 0.25) is 10.9 Å². The Hall–Kier alpha value is -2.67. The van der Waals surface area contributed by atoms with Gasteiger partial charge in [-0.2, -0.15) is 0 Å². The topological polar surface area (TPSA) is 93.7 Å². The van der Waals surface area contributed by atoms with Gasteiger partial charge in [-0.3, -0.25) is 14.4 Å². The molecule has 114 valence electrons. The first-order valence-corrected chi connectivity index (χ1v) is 6.75. The van der Waals surface area contributed by atoms with Crippen LogP contribution in [0.3, 0.4) is 0 Å². The molecule has 7 nitrogen and oxygen atoms in total. The van der Waals surface area contributed by atoms with Crippen molar-refractivity contribution in [2.24, 2.45) is 0 Å². The van der Waals surface area contributed by atoms with Crippen molar-refractivity contribution in [1.82, 2.24) is 0 Å². The normalized spacial score (nSPS) is 13.4. The Morgan fingerprint density at radius 3 is 2.86 bits per heavy atom. The highest BCUT2D eigenvalue weighted by molar-refractivity contribution is 5.96. The van der Waals surface area contributed by atoms with Gasteiger partial charge in [0.15, 0.2) is 6.61 Å². The Kier molecular flexibility index (Phi) is 3.64. The zero-order chi connectivity index (χ0) is 15.7. The average molecular weight is 302 g/mol. The van der Waals surface area contributed by atoms with Crippen LogP contribution in [0.25, 0.3) is 11.1 Å². The van der Waals surface area contributed by atoms with Crippen LogP contribution in [0.4, 0.5) is 11.4 Å². The number of benzene rings is 1. The molecule has 0 unspecified atom stereocenters. The highest BCUT2D eigenvalue weighted by Crippen LogP contribution is 2.33. The standard InChI is InChI=1S/C15H14N2O5/c1-21-5-4-16-13-12(14(19)15(13)20)8-2-3-9-10(6-8)22-7-11(18)17-9/h2-3,6,16H,4-5,7H2,1H3,(H,17,18). The number of carbonyl (C=O) groups is 1. The average Bonchev–Trinajstić information content (AvgIpc) is 2.53. The molecule has 1 aliphatic heterocycles. The quantitative estimate of drug-likeness (QED) is 0.611. The number of carbonyl (C=O) groups excluding carboxylic acids is 1. The fraction of sp³-hybridized carbons (Fsp3) is 0.267. The van der Waals surface area contributed by atoms with Crippen LogP contribution in [-0.4, -0.2) is 32.8 Å². The lowest BCUT2D eigenvalue weighted by molar-refractivity contribution is -0.118. The molecule has 0 aromatic heterocycles. The lowest BCUT2D eigenvalue weighted by Gasteiger charge is -2.19. The van der Waals surface area contributed by atoms with E-state index in [4.69, 9.17) is 9.47 Å². The minimum atomic E-state index is -0.530. The second-order valence-electron chi connectivity index (χ2n) is 4.88. The summed E-state index contributed by atoms with van der Waals surface area (Å²) in [5.41, 5.74) is 0.705. The molecular weight excluding hydrogens is 288 g/mol. The first-order valence-electron chi connectivity index (χ1n) is 6.75. The summed E-state index contributed by atoms with van der Waals surface area (Å²) in [6.45, 7) is 0.796. The van der Waals surface area contributed by atoms with Crippen LogP contribution in [0, 0.1) is 0 Å². The van der Waals surface area contributed by atoms with Gasteiger partial charge in [0, 0.05) is 13.7 Å². The van der Waals surface area contributed by atoms with Gasteiger partial charge in [-0.1, -0.05) is 6.07 Å². The molecule has 0 saturated carbocycles. The summed E-state index contributed by atoms with van der Waals surface area (Å²) >= 11 is 0. The number of fused-ring (bicyclic) bond motifs is 1. The predicted octanol–water partition coefficient (Wildman–Crippen LogP) is 0.339. The minimum Gasteiger partial charge on any atom is -0.482 e. The van der Waals surface area contributed by atoms with Gasteiger partial charge in [-0.15, -0.1) is 0 Å². The van der Waals surface area contributed by atoms with Gasteiger partial charge in [0.05, 0.1) is 23.5 Å². The number of ether oxygens (including phenoxy) is 2. The Labute approximate surface area is 125 Å². The van der Waals surface area contributed by atoms with Crippen LogP contribution in [0.1, 0.15) is 0 Å². The summed E-state index contributed by atoms with van der Waals surface area (Å²) in [7, 11) is 1.56. The number of amides is 1. The van der Waals surface area contributed by atoms with E-state index in [0.29, 0.717) is 41.4 Å². The molecule has 0 aliphatic carbocycles. The molecule has 0 atom stereocenters. The van der Waals surface area contributed by atoms with Crippen molar-refractivity contribution in [2.45, 2.75) is 0 Å². The van der Waals surface area contributed by atoms with Crippen LogP contribution < -0.4 is 26.2 Å². The van der Waals surface area contributed by atoms with E-state index < -0.39 is 10.9 Å². The van der Waals surface area contributed by atoms with Crippen molar-refractivity contribution >= 4 is 17.3 Å². The van der Waals surface area contributed by atoms with Crippen molar-refractivity contribution in [3.05, 3.63) is 38.6 Å². The molecule has 0 fully saturated rings. The summed E-state index contributed by atoms with van der Waals surface area (Å²) in [4.78, 5) is 34.7. The van der Waals surface area contributed by atoms with Crippen molar-refractivity contribution in [2.75, 3.05) is 37.5 Å². The lowest BCUT2D eigenvalue weighted by atomic mass is 9.97. The fourth-order valence-corrected chi connectivity index (χ4v) is 2.34. The molecule has 0 radical (unpaired) electrons. The van der Waals surface area contributed by atoms with Gasteiger partial charge in [-0.05, 0) is 17.7 Å². The summed E-state index contributed by atoms with van der Waals surface area (Å²) in [5, 5.41) is 5.58. The molecule has 2 aromatic rings. The second kappa shape index (κ2) is 5.61. The number of rotatable bonds is 5. The molecule has 22 heavy (non-hydrogen) atoms. The SMILES string of the molecule is COCCNc1c(-c2ccc3c(c2)OCC(=O)N3)c(=O)c1=O. The lowest BCUT2D eigenvalue weighted by Crippen LogP contribution is -2.37. The van der Waals surface area contributed by atoms with E-state index in [0.717, 1.165) is 0 Å². The van der Waals surface area contributed by atoms with Crippen LogP contribution >= 0.6 is 0 Å². The van der Waals surface area contributed by atoms with Crippen molar-refractivity contribution in [3.8, 4) is 16.9 Å². The van der Waals surface area contributed by atoms with E-state index in [1.807, 2.05) is 0 Å². The van der Waals surface area contributed by atoms with Crippen molar-refractivity contribution in [3.63, 3.8) is 0 Å². The third-order valence-corrected chi connectivity index (χ3v) is 3.42. The van der Waals surface area contributed by atoms with Gasteiger partial charge in [0.1, 0.15) is 5.75 Å². The third-order valence-electron chi connectivity index (χ3n) is 3.42. The molecule has 1 amide bonds. The van der Waals surface area contributed by atoms with Gasteiger partial charge in [-0.25, -0.2) is 0 Å². The fourth-order valence-electron chi connectivity index (χ4n) is 2.34.